The summed E-state index contributed by atoms with van der Waals surface area (Å²) in [6, 6.07) is 0. The molecule has 0 aromatic heterocycles. The Labute approximate surface area is 80.3 Å². The van der Waals surface area contributed by atoms with Crippen LogP contribution in [0.2, 0.25) is 0 Å². The lowest BCUT2D eigenvalue weighted by atomic mass is 10.2. The van der Waals surface area contributed by atoms with Gasteiger partial charge in [0.15, 0.2) is 0 Å². The van der Waals surface area contributed by atoms with E-state index in [1.165, 1.54) is 13.8 Å². The van der Waals surface area contributed by atoms with Gasteiger partial charge in [-0.05, 0) is 13.8 Å². The molecule has 2 atom stereocenters. The van der Waals surface area contributed by atoms with Crippen molar-refractivity contribution < 1.29 is 21.8 Å². The molecule has 4 nitrogen and oxygen atoms in total. The average molecular weight is 190 g/mol. The van der Waals surface area contributed by atoms with E-state index in [1.54, 1.807) is 0 Å². The maximum Gasteiger partial charge on any atom is 0.333 e. The number of hydrogen-bond donors (Lipinski definition) is 0. The first-order valence-corrected chi connectivity index (χ1v) is 3.75. The van der Waals surface area contributed by atoms with Gasteiger partial charge in [0.1, 0.15) is 0 Å². The fourth-order valence-corrected chi connectivity index (χ4v) is 0.610. The molecule has 0 rings (SSSR count). The Morgan fingerprint density at radius 2 is 1.85 bits per heavy atom. The third kappa shape index (κ3) is 5.00. The van der Waals surface area contributed by atoms with Crippen LogP contribution in [0.4, 0.5) is 0 Å². The molecule has 0 N–H and O–H groups in total. The lowest BCUT2D eigenvalue weighted by molar-refractivity contribution is -0.145. The largest absolute Gasteiger partial charge is 0.466 e. The molecule has 0 saturated carbocycles. The van der Waals surface area contributed by atoms with Gasteiger partial charge in [-0.2, -0.15) is 0 Å². The molecule has 4 heteroatoms. The van der Waals surface area contributed by atoms with Crippen LogP contribution in [-0.2, 0) is 19.1 Å². The fourth-order valence-electron chi connectivity index (χ4n) is 0.610. The van der Waals surface area contributed by atoms with Crippen LogP contribution in [0.25, 0.3) is 0 Å². The van der Waals surface area contributed by atoms with Crippen molar-refractivity contribution in [3.8, 4) is 0 Å². The molecule has 0 aliphatic rings. The van der Waals surface area contributed by atoms with Crippen LogP contribution >= 0.6 is 0 Å². The Morgan fingerprint density at radius 3 is 2.31 bits per heavy atom. The predicted octanol–water partition coefficient (Wildman–Crippen LogP) is 1.06. The molecular formula is C9H14O4. The summed E-state index contributed by atoms with van der Waals surface area (Å²) < 4.78 is 22.9. The quantitative estimate of drug-likeness (QED) is 0.480. The second kappa shape index (κ2) is 6.22. The first-order valence-electron chi connectivity index (χ1n) is 4.91. The molecule has 0 heterocycles. The molecule has 0 aliphatic heterocycles. The standard InChI is InChI=1S/C9H14O4/c1-4-12-8(10)6-7(3)9(11)13-5-2/h3-6H2,1-2H3/i4T,5T. The van der Waals surface area contributed by atoms with Crippen molar-refractivity contribution in [1.29, 1.82) is 0 Å². The van der Waals surface area contributed by atoms with Gasteiger partial charge in [0, 0.05) is 5.57 Å². The molecule has 0 saturated heterocycles. The maximum absolute atomic E-state index is 11.1. The van der Waals surface area contributed by atoms with Gasteiger partial charge >= 0.3 is 11.9 Å². The van der Waals surface area contributed by atoms with Gasteiger partial charge in [-0.25, -0.2) is 4.79 Å². The topological polar surface area (TPSA) is 52.6 Å². The highest BCUT2D eigenvalue weighted by molar-refractivity contribution is 5.93. The van der Waals surface area contributed by atoms with Crippen LogP contribution < -0.4 is 0 Å². The second-order valence-electron chi connectivity index (χ2n) is 2.15. The van der Waals surface area contributed by atoms with Crippen LogP contribution in [0, 0.1) is 0 Å². The van der Waals surface area contributed by atoms with Gasteiger partial charge in [0.2, 0.25) is 0 Å². The number of hydrogen-bond acceptors (Lipinski definition) is 4. The lowest BCUT2D eigenvalue weighted by Crippen LogP contribution is -2.12. The van der Waals surface area contributed by atoms with E-state index in [9.17, 15) is 9.59 Å². The summed E-state index contributed by atoms with van der Waals surface area (Å²) in [7, 11) is 0. The van der Waals surface area contributed by atoms with E-state index >= 15 is 0 Å². The van der Waals surface area contributed by atoms with Crippen LogP contribution in [-0.4, -0.2) is 25.1 Å². The number of carbonyl (C=O) groups excluding carboxylic acids is 2. The van der Waals surface area contributed by atoms with E-state index in [4.69, 9.17) is 2.74 Å². The molecule has 0 aromatic carbocycles. The Balaban J connectivity index is 4.02. The van der Waals surface area contributed by atoms with Crippen LogP contribution in [0.5, 0.6) is 0 Å². The zero-order valence-electron chi connectivity index (χ0n) is 9.70. The summed E-state index contributed by atoms with van der Waals surface area (Å²) in [5, 5.41) is 0. The zero-order chi connectivity index (χ0) is 12.0. The van der Waals surface area contributed by atoms with Crippen LogP contribution in [0.3, 0.4) is 0 Å². The molecule has 0 fully saturated rings. The van der Waals surface area contributed by atoms with Crippen molar-refractivity contribution in [3.05, 3.63) is 12.2 Å². The van der Waals surface area contributed by atoms with Crippen molar-refractivity contribution in [2.45, 2.75) is 20.3 Å². The first kappa shape index (κ1) is 8.29. The average Bonchev–Trinajstić information content (AvgIpc) is 2.00. The Bertz CT molecular complexity index is 261. The molecule has 13 heavy (non-hydrogen) atoms. The highest BCUT2D eigenvalue weighted by atomic mass is 16.5. The minimum Gasteiger partial charge on any atom is -0.466 e. The van der Waals surface area contributed by atoms with Crippen molar-refractivity contribution >= 4 is 11.9 Å². The number of rotatable bonds is 5. The molecular weight excluding hydrogens is 172 g/mol. The molecule has 0 spiro atoms. The normalized spacial score (nSPS) is 16.2. The number of esters is 2. The Kier molecular flexibility index (Phi) is 3.97. The monoisotopic (exact) mass is 190 g/mol. The molecule has 0 bridgehead atoms. The summed E-state index contributed by atoms with van der Waals surface area (Å²) in [5.41, 5.74) is -0.0836. The Morgan fingerprint density at radius 1 is 1.31 bits per heavy atom. The van der Waals surface area contributed by atoms with Crippen molar-refractivity contribution in [1.82, 2.24) is 0 Å². The lowest BCUT2D eigenvalue weighted by Gasteiger charge is -2.04. The van der Waals surface area contributed by atoms with Gasteiger partial charge in [0.25, 0.3) is 0 Å². The van der Waals surface area contributed by atoms with Crippen molar-refractivity contribution in [2.24, 2.45) is 0 Å². The molecule has 0 radical (unpaired) electrons. The summed E-state index contributed by atoms with van der Waals surface area (Å²) >= 11 is 0. The third-order valence-corrected chi connectivity index (χ3v) is 1.12. The summed E-state index contributed by atoms with van der Waals surface area (Å²) in [6.07, 6.45) is -0.325. The van der Waals surface area contributed by atoms with Gasteiger partial charge in [-0.3, -0.25) is 4.79 Å². The first-order chi connectivity index (χ1) is 6.82. The smallest absolute Gasteiger partial charge is 0.333 e. The van der Waals surface area contributed by atoms with Gasteiger partial charge in [-0.15, -0.1) is 0 Å². The minimum atomic E-state index is -1.000. The number of carbonyl (C=O) groups is 2. The van der Waals surface area contributed by atoms with E-state index in [-0.39, 0.29) is 12.0 Å². The van der Waals surface area contributed by atoms with Crippen LogP contribution in [0.1, 0.15) is 23.0 Å². The fraction of sp³-hybridized carbons (Fsp3) is 0.556. The van der Waals surface area contributed by atoms with E-state index < -0.39 is 25.1 Å². The summed E-state index contributed by atoms with van der Waals surface area (Å²) in [5.74, 6) is -1.51. The molecule has 0 aliphatic carbocycles. The summed E-state index contributed by atoms with van der Waals surface area (Å²) in [6.45, 7) is 4.11. The van der Waals surface area contributed by atoms with E-state index in [1.807, 2.05) is 0 Å². The van der Waals surface area contributed by atoms with Crippen molar-refractivity contribution in [2.75, 3.05) is 13.2 Å². The van der Waals surface area contributed by atoms with E-state index in [0.717, 1.165) is 0 Å². The van der Waals surface area contributed by atoms with Gasteiger partial charge < -0.3 is 9.47 Å². The molecule has 0 amide bonds. The van der Waals surface area contributed by atoms with Crippen molar-refractivity contribution in [3.63, 3.8) is 0 Å². The zero-order valence-corrected chi connectivity index (χ0v) is 7.70. The SMILES string of the molecule is [3H]C(C)OC(=O)CC(=C)C(=O)OC([3H])C. The second-order valence-corrected chi connectivity index (χ2v) is 2.15. The summed E-state index contributed by atoms with van der Waals surface area (Å²) in [4.78, 5) is 22.1. The van der Waals surface area contributed by atoms with Gasteiger partial charge in [-0.1, -0.05) is 6.58 Å². The Hall–Kier alpha value is -1.32. The predicted molar refractivity (Wildman–Crippen MR) is 47.0 cm³/mol. The molecule has 0 aromatic rings. The minimum absolute atomic E-state index is 0.0836. The highest BCUT2D eigenvalue weighted by Gasteiger charge is 2.12. The molecule has 74 valence electrons. The van der Waals surface area contributed by atoms with E-state index in [0.29, 0.717) is 0 Å². The highest BCUT2D eigenvalue weighted by Crippen LogP contribution is 2.02. The van der Waals surface area contributed by atoms with Gasteiger partial charge in [0.05, 0.1) is 22.3 Å². The van der Waals surface area contributed by atoms with Crippen LogP contribution in [0.15, 0.2) is 12.2 Å². The maximum atomic E-state index is 11.1. The third-order valence-electron chi connectivity index (χ3n) is 1.12. The number of ether oxygens (including phenoxy) is 2. The van der Waals surface area contributed by atoms with E-state index in [2.05, 4.69) is 16.1 Å². The molecule has 2 unspecified atom stereocenters.